The summed E-state index contributed by atoms with van der Waals surface area (Å²) in [5, 5.41) is 0.134. The quantitative estimate of drug-likeness (QED) is 0.678. The zero-order chi connectivity index (χ0) is 9.19. The van der Waals surface area contributed by atoms with Gasteiger partial charge in [-0.2, -0.15) is 0 Å². The lowest BCUT2D eigenvalue weighted by Gasteiger charge is -1.98. The van der Waals surface area contributed by atoms with Crippen LogP contribution < -0.4 is 0 Å². The van der Waals surface area contributed by atoms with E-state index < -0.39 is 9.84 Å². The van der Waals surface area contributed by atoms with Crippen LogP contribution in [0.3, 0.4) is 0 Å². The Morgan fingerprint density at radius 1 is 1.50 bits per heavy atom. The summed E-state index contributed by atoms with van der Waals surface area (Å²) >= 11 is 1.49. The lowest BCUT2D eigenvalue weighted by molar-refractivity contribution is 0.598. The van der Waals surface area contributed by atoms with Gasteiger partial charge >= 0.3 is 0 Å². The Balaban J connectivity index is 3.20. The molecule has 12 heavy (non-hydrogen) atoms. The zero-order valence-electron chi connectivity index (χ0n) is 6.81. The van der Waals surface area contributed by atoms with Gasteiger partial charge in [-0.15, -0.1) is 11.8 Å². The number of thioether (sulfide) groups is 1. The van der Waals surface area contributed by atoms with E-state index in [2.05, 4.69) is 4.98 Å². The average Bonchev–Trinajstić information content (AvgIpc) is 2.03. The van der Waals surface area contributed by atoms with Crippen molar-refractivity contribution in [2.45, 2.75) is 9.92 Å². The number of sulfone groups is 1. The molecule has 0 aliphatic carbocycles. The minimum atomic E-state index is -3.16. The highest BCUT2D eigenvalue weighted by Crippen LogP contribution is 2.16. The van der Waals surface area contributed by atoms with Crippen molar-refractivity contribution >= 4 is 21.6 Å². The van der Waals surface area contributed by atoms with Crippen LogP contribution in [-0.4, -0.2) is 25.9 Å². The van der Waals surface area contributed by atoms with Gasteiger partial charge in [-0.1, -0.05) is 0 Å². The zero-order valence-corrected chi connectivity index (χ0v) is 8.45. The minimum Gasteiger partial charge on any atom is -0.245 e. The van der Waals surface area contributed by atoms with Gasteiger partial charge in [0.2, 0.25) is 0 Å². The van der Waals surface area contributed by atoms with Crippen LogP contribution in [0.5, 0.6) is 0 Å². The van der Waals surface area contributed by atoms with Crippen LogP contribution in [0.2, 0.25) is 0 Å². The van der Waals surface area contributed by atoms with Crippen LogP contribution in [0.25, 0.3) is 0 Å². The van der Waals surface area contributed by atoms with E-state index in [0.717, 1.165) is 11.2 Å². The summed E-state index contributed by atoms with van der Waals surface area (Å²) in [7, 11) is -3.16. The van der Waals surface area contributed by atoms with Gasteiger partial charge in [0, 0.05) is 17.3 Å². The second kappa shape index (κ2) is 3.45. The van der Waals surface area contributed by atoms with Crippen molar-refractivity contribution < 1.29 is 8.42 Å². The van der Waals surface area contributed by atoms with E-state index in [4.69, 9.17) is 0 Å². The van der Waals surface area contributed by atoms with Gasteiger partial charge in [-0.05, 0) is 18.4 Å². The van der Waals surface area contributed by atoms with Gasteiger partial charge in [-0.25, -0.2) is 13.4 Å². The molecule has 0 fully saturated rings. The van der Waals surface area contributed by atoms with Gasteiger partial charge in [0.15, 0.2) is 14.9 Å². The molecule has 66 valence electrons. The van der Waals surface area contributed by atoms with Crippen molar-refractivity contribution in [3.05, 3.63) is 18.3 Å². The third kappa shape index (κ3) is 2.22. The number of hydrogen-bond donors (Lipinski definition) is 0. The predicted octanol–water partition coefficient (Wildman–Crippen LogP) is 1.21. The highest BCUT2D eigenvalue weighted by atomic mass is 32.2. The van der Waals surface area contributed by atoms with Crippen LogP contribution >= 0.6 is 11.8 Å². The Hall–Kier alpha value is -0.550. The standard InChI is InChI=1S/C7H9NO2S2/c1-11-6-3-4-8-7(5-6)12(2,9)10/h3-5H,1-2H3. The number of nitrogens with zero attached hydrogens (tertiary/aromatic N) is 1. The summed E-state index contributed by atoms with van der Waals surface area (Å²) in [6.07, 6.45) is 4.54. The third-order valence-electron chi connectivity index (χ3n) is 1.32. The number of hydrogen-bond acceptors (Lipinski definition) is 4. The molecular weight excluding hydrogens is 194 g/mol. The van der Waals surface area contributed by atoms with E-state index >= 15 is 0 Å². The van der Waals surface area contributed by atoms with Gasteiger partial charge in [0.05, 0.1) is 0 Å². The maximum absolute atomic E-state index is 11.0. The second-order valence-corrected chi connectivity index (χ2v) is 5.15. The highest BCUT2D eigenvalue weighted by Gasteiger charge is 2.08. The third-order valence-corrected chi connectivity index (χ3v) is 3.03. The molecule has 0 unspecified atom stereocenters. The fourth-order valence-corrected chi connectivity index (χ4v) is 1.82. The van der Waals surface area contributed by atoms with Crippen molar-refractivity contribution in [3.63, 3.8) is 0 Å². The maximum atomic E-state index is 11.0. The molecule has 5 heteroatoms. The molecule has 0 aliphatic rings. The second-order valence-electron chi connectivity index (χ2n) is 2.31. The molecule has 0 amide bonds. The molecule has 3 nitrogen and oxygen atoms in total. The van der Waals surface area contributed by atoms with E-state index in [0.29, 0.717) is 0 Å². The van der Waals surface area contributed by atoms with Crippen molar-refractivity contribution in [2.75, 3.05) is 12.5 Å². The van der Waals surface area contributed by atoms with E-state index in [1.165, 1.54) is 18.0 Å². The van der Waals surface area contributed by atoms with Crippen LogP contribution in [-0.2, 0) is 9.84 Å². The summed E-state index contributed by atoms with van der Waals surface area (Å²) in [6, 6.07) is 3.35. The largest absolute Gasteiger partial charge is 0.245 e. The Morgan fingerprint density at radius 2 is 2.17 bits per heavy atom. The summed E-state index contributed by atoms with van der Waals surface area (Å²) in [4.78, 5) is 4.67. The van der Waals surface area contributed by atoms with Crippen LogP contribution in [0.1, 0.15) is 0 Å². The summed E-state index contributed by atoms with van der Waals surface area (Å²) < 4.78 is 22.1. The molecule has 1 heterocycles. The van der Waals surface area contributed by atoms with Crippen LogP contribution in [0.15, 0.2) is 28.3 Å². The molecule has 0 radical (unpaired) electrons. The van der Waals surface area contributed by atoms with E-state index in [-0.39, 0.29) is 5.03 Å². The molecular formula is C7H9NO2S2. The highest BCUT2D eigenvalue weighted by molar-refractivity contribution is 7.98. The monoisotopic (exact) mass is 203 g/mol. The summed E-state index contributed by atoms with van der Waals surface area (Å²) in [5.41, 5.74) is 0. The molecule has 1 aromatic heterocycles. The molecule has 0 N–H and O–H groups in total. The van der Waals surface area contributed by atoms with Gasteiger partial charge in [-0.3, -0.25) is 0 Å². The molecule has 1 rings (SSSR count). The smallest absolute Gasteiger partial charge is 0.192 e. The minimum absolute atomic E-state index is 0.134. The van der Waals surface area contributed by atoms with E-state index in [1.54, 1.807) is 12.1 Å². The molecule has 0 saturated carbocycles. The Kier molecular flexibility index (Phi) is 2.74. The van der Waals surface area contributed by atoms with E-state index in [9.17, 15) is 8.42 Å². The fourth-order valence-electron chi connectivity index (χ4n) is 0.721. The SMILES string of the molecule is CSc1ccnc(S(C)(=O)=O)c1. The molecule has 0 saturated heterocycles. The first kappa shape index (κ1) is 9.54. The molecule has 1 aromatic rings. The van der Waals surface area contributed by atoms with Gasteiger partial charge in [0.25, 0.3) is 0 Å². The van der Waals surface area contributed by atoms with Crippen molar-refractivity contribution in [1.82, 2.24) is 4.98 Å². The number of rotatable bonds is 2. The predicted molar refractivity (Wildman–Crippen MR) is 49.1 cm³/mol. The van der Waals surface area contributed by atoms with Gasteiger partial charge in [0.1, 0.15) is 0 Å². The fraction of sp³-hybridized carbons (Fsp3) is 0.286. The van der Waals surface area contributed by atoms with Crippen molar-refractivity contribution in [1.29, 1.82) is 0 Å². The summed E-state index contributed by atoms with van der Waals surface area (Å²) in [5.74, 6) is 0. The van der Waals surface area contributed by atoms with Crippen LogP contribution in [0.4, 0.5) is 0 Å². The molecule has 0 spiro atoms. The molecule has 0 aromatic carbocycles. The topological polar surface area (TPSA) is 47.0 Å². The molecule has 0 aliphatic heterocycles. The average molecular weight is 203 g/mol. The maximum Gasteiger partial charge on any atom is 0.192 e. The number of aromatic nitrogens is 1. The first-order valence-corrected chi connectivity index (χ1v) is 6.36. The van der Waals surface area contributed by atoms with Crippen molar-refractivity contribution in [2.24, 2.45) is 0 Å². The normalized spacial score (nSPS) is 11.5. The Labute approximate surface area is 76.1 Å². The molecule has 0 atom stereocenters. The number of pyridine rings is 1. The Bertz CT molecular complexity index is 373. The van der Waals surface area contributed by atoms with Crippen molar-refractivity contribution in [3.8, 4) is 0 Å². The van der Waals surface area contributed by atoms with Gasteiger partial charge < -0.3 is 0 Å². The molecule has 0 bridgehead atoms. The lowest BCUT2D eigenvalue weighted by atomic mass is 10.5. The summed E-state index contributed by atoms with van der Waals surface area (Å²) in [6.45, 7) is 0. The lowest BCUT2D eigenvalue weighted by Crippen LogP contribution is -1.99. The van der Waals surface area contributed by atoms with Crippen LogP contribution in [0, 0.1) is 0 Å². The Morgan fingerprint density at radius 3 is 2.67 bits per heavy atom. The first-order chi connectivity index (χ1) is 5.54. The van der Waals surface area contributed by atoms with E-state index in [1.807, 2.05) is 6.26 Å². The first-order valence-electron chi connectivity index (χ1n) is 3.24.